The summed E-state index contributed by atoms with van der Waals surface area (Å²) in [5.74, 6) is -0.664. The number of nitrogens with zero attached hydrogens (tertiary/aromatic N) is 2. The highest BCUT2D eigenvalue weighted by atomic mass is 19.4. The molecule has 3 heterocycles. The maximum Gasteiger partial charge on any atom is 0.416 e. The molecule has 5 nitrogen and oxygen atoms in total. The van der Waals surface area contributed by atoms with Crippen molar-refractivity contribution in [3.05, 3.63) is 99.7 Å². The molecule has 0 N–H and O–H groups in total. The summed E-state index contributed by atoms with van der Waals surface area (Å²) in [5, 5.41) is 0.858. The molecule has 0 spiro atoms. The fraction of sp³-hybridized carbons (Fsp3) is 0.200. The van der Waals surface area contributed by atoms with Gasteiger partial charge in [-0.3, -0.25) is 9.59 Å². The predicted molar refractivity (Wildman–Crippen MR) is 117 cm³/mol. The molecule has 0 aliphatic carbocycles. The number of pyridine rings is 1. The summed E-state index contributed by atoms with van der Waals surface area (Å²) in [6.07, 6.45) is -1.56. The van der Waals surface area contributed by atoms with Gasteiger partial charge in [0.1, 0.15) is 0 Å². The summed E-state index contributed by atoms with van der Waals surface area (Å²) in [6.45, 7) is 0.357. The molecular formula is C25H19F3N2O3. The third kappa shape index (κ3) is 3.82. The standard InChI is InChI=1S/C25H19F3N2O3/c26-25(27,28)19-8-2-9-20(14-19)30(24(32)21-10-4-12-33-21)15-18-13-17-6-1-5-16-7-3-11-29(22(16)17)23(18)31/h1-2,4-6,8-10,12-14H,3,7,11,15H2. The van der Waals surface area contributed by atoms with Crippen molar-refractivity contribution in [2.45, 2.75) is 32.1 Å². The summed E-state index contributed by atoms with van der Waals surface area (Å²) in [6, 6.07) is 15.0. The van der Waals surface area contributed by atoms with E-state index in [1.165, 1.54) is 30.5 Å². The van der Waals surface area contributed by atoms with E-state index < -0.39 is 17.6 Å². The van der Waals surface area contributed by atoms with Gasteiger partial charge < -0.3 is 13.9 Å². The predicted octanol–water partition coefficient (Wildman–Crippen LogP) is 5.41. The second kappa shape index (κ2) is 7.95. The minimum atomic E-state index is -4.57. The van der Waals surface area contributed by atoms with Crippen LogP contribution in [0.15, 0.2) is 76.1 Å². The summed E-state index contributed by atoms with van der Waals surface area (Å²) in [5.41, 5.74) is 1.17. The van der Waals surface area contributed by atoms with E-state index in [4.69, 9.17) is 4.42 Å². The summed E-state index contributed by atoms with van der Waals surface area (Å²) >= 11 is 0. The zero-order valence-corrected chi connectivity index (χ0v) is 17.4. The average Bonchev–Trinajstić information content (AvgIpc) is 3.35. The van der Waals surface area contributed by atoms with E-state index in [9.17, 15) is 22.8 Å². The lowest BCUT2D eigenvalue weighted by atomic mass is 10.00. The van der Waals surface area contributed by atoms with Crippen molar-refractivity contribution in [1.82, 2.24) is 4.57 Å². The van der Waals surface area contributed by atoms with Crippen LogP contribution >= 0.6 is 0 Å². The van der Waals surface area contributed by atoms with E-state index in [1.807, 2.05) is 18.2 Å². The van der Waals surface area contributed by atoms with Crippen LogP contribution in [0.2, 0.25) is 0 Å². The van der Waals surface area contributed by atoms with Crippen LogP contribution in [0.4, 0.5) is 18.9 Å². The van der Waals surface area contributed by atoms with E-state index in [0.717, 1.165) is 46.3 Å². The minimum absolute atomic E-state index is 0.0260. The third-order valence-corrected chi connectivity index (χ3v) is 5.89. The van der Waals surface area contributed by atoms with Crippen LogP contribution in [-0.4, -0.2) is 10.5 Å². The Bertz CT molecular complexity index is 1400. The van der Waals surface area contributed by atoms with E-state index in [-0.39, 0.29) is 23.6 Å². The van der Waals surface area contributed by atoms with Gasteiger partial charge in [-0.15, -0.1) is 0 Å². The van der Waals surface area contributed by atoms with Gasteiger partial charge in [0, 0.05) is 17.8 Å². The van der Waals surface area contributed by atoms with Crippen molar-refractivity contribution in [3.8, 4) is 0 Å². The number of halogens is 3. The number of rotatable bonds is 4. The molecule has 0 saturated carbocycles. The number of aromatic nitrogens is 1. The molecule has 1 aliphatic heterocycles. The first kappa shape index (κ1) is 21.1. The highest BCUT2D eigenvalue weighted by Crippen LogP contribution is 2.33. The van der Waals surface area contributed by atoms with Crippen LogP contribution in [-0.2, 0) is 25.7 Å². The normalized spacial score (nSPS) is 13.3. The van der Waals surface area contributed by atoms with Crippen molar-refractivity contribution in [2.24, 2.45) is 0 Å². The second-order valence-electron chi connectivity index (χ2n) is 8.00. The minimum Gasteiger partial charge on any atom is -0.459 e. The number of benzene rings is 2. The van der Waals surface area contributed by atoms with Gasteiger partial charge in [-0.05, 0) is 60.2 Å². The zero-order chi connectivity index (χ0) is 23.2. The molecule has 1 aliphatic rings. The number of carbonyl (C=O) groups is 1. The van der Waals surface area contributed by atoms with Crippen LogP contribution in [0.3, 0.4) is 0 Å². The van der Waals surface area contributed by atoms with Gasteiger partial charge in [-0.1, -0.05) is 24.3 Å². The molecule has 5 rings (SSSR count). The number of para-hydroxylation sites is 1. The fourth-order valence-corrected chi connectivity index (χ4v) is 4.37. The number of hydrogen-bond acceptors (Lipinski definition) is 3. The van der Waals surface area contributed by atoms with Crippen LogP contribution in [0.25, 0.3) is 10.9 Å². The molecule has 0 fully saturated rings. The smallest absolute Gasteiger partial charge is 0.416 e. The van der Waals surface area contributed by atoms with Gasteiger partial charge in [0.25, 0.3) is 11.5 Å². The number of amides is 1. The van der Waals surface area contributed by atoms with Crippen molar-refractivity contribution in [3.63, 3.8) is 0 Å². The molecular weight excluding hydrogens is 433 g/mol. The molecule has 0 atom stereocenters. The Labute approximate surface area is 186 Å². The van der Waals surface area contributed by atoms with Gasteiger partial charge in [0.15, 0.2) is 5.76 Å². The number of anilines is 1. The number of aryl methyl sites for hydroxylation is 2. The van der Waals surface area contributed by atoms with Gasteiger partial charge in [-0.25, -0.2) is 0 Å². The molecule has 168 valence electrons. The van der Waals surface area contributed by atoms with E-state index in [2.05, 4.69) is 0 Å². The number of hydrogen-bond donors (Lipinski definition) is 0. The summed E-state index contributed by atoms with van der Waals surface area (Å²) in [4.78, 5) is 27.7. The lowest BCUT2D eigenvalue weighted by Gasteiger charge is -2.25. The average molecular weight is 452 g/mol. The van der Waals surface area contributed by atoms with Crippen molar-refractivity contribution in [1.29, 1.82) is 0 Å². The zero-order valence-electron chi connectivity index (χ0n) is 17.4. The first-order valence-electron chi connectivity index (χ1n) is 10.5. The Hall–Kier alpha value is -3.81. The number of alkyl halides is 3. The van der Waals surface area contributed by atoms with Crippen molar-refractivity contribution >= 4 is 22.5 Å². The first-order valence-corrected chi connectivity index (χ1v) is 10.5. The molecule has 1 amide bonds. The highest BCUT2D eigenvalue weighted by molar-refractivity contribution is 6.04. The van der Waals surface area contributed by atoms with E-state index >= 15 is 0 Å². The maximum absolute atomic E-state index is 13.3. The number of carbonyl (C=O) groups excluding carboxylic acids is 1. The molecule has 0 radical (unpaired) electrons. The number of furan rings is 1. The largest absolute Gasteiger partial charge is 0.459 e. The van der Waals surface area contributed by atoms with Gasteiger partial charge in [-0.2, -0.15) is 13.2 Å². The van der Waals surface area contributed by atoms with E-state index in [1.54, 1.807) is 10.6 Å². The molecule has 2 aromatic carbocycles. The van der Waals surface area contributed by atoms with Crippen LogP contribution in [0, 0.1) is 0 Å². The molecule has 33 heavy (non-hydrogen) atoms. The second-order valence-corrected chi connectivity index (χ2v) is 8.00. The lowest BCUT2D eigenvalue weighted by molar-refractivity contribution is -0.137. The Kier molecular flexibility index (Phi) is 5.08. The maximum atomic E-state index is 13.3. The quantitative estimate of drug-likeness (QED) is 0.416. The Morgan fingerprint density at radius 2 is 1.88 bits per heavy atom. The molecule has 0 saturated heterocycles. The molecule has 2 aromatic heterocycles. The molecule has 0 bridgehead atoms. The topological polar surface area (TPSA) is 55.5 Å². The highest BCUT2D eigenvalue weighted by Gasteiger charge is 2.32. The molecule has 4 aromatic rings. The SMILES string of the molecule is O=C(c1ccco1)N(Cc1cc2cccc3c2n(c1=O)CCC3)c1cccc(C(F)(F)F)c1. The Morgan fingerprint density at radius 3 is 2.64 bits per heavy atom. The fourth-order valence-electron chi connectivity index (χ4n) is 4.37. The summed E-state index contributed by atoms with van der Waals surface area (Å²) < 4.78 is 46.9. The first-order chi connectivity index (χ1) is 15.8. The van der Waals surface area contributed by atoms with Gasteiger partial charge >= 0.3 is 6.18 Å². The van der Waals surface area contributed by atoms with Crippen LogP contribution in [0.1, 0.15) is 33.7 Å². The molecule has 8 heteroatoms. The monoisotopic (exact) mass is 452 g/mol. The van der Waals surface area contributed by atoms with Crippen molar-refractivity contribution in [2.75, 3.05) is 4.90 Å². The molecule has 0 unspecified atom stereocenters. The Balaban J connectivity index is 1.64. The van der Waals surface area contributed by atoms with Crippen molar-refractivity contribution < 1.29 is 22.4 Å². The van der Waals surface area contributed by atoms with Gasteiger partial charge in [0.05, 0.1) is 23.9 Å². The van der Waals surface area contributed by atoms with Crippen LogP contribution < -0.4 is 10.5 Å². The summed E-state index contributed by atoms with van der Waals surface area (Å²) in [7, 11) is 0. The lowest BCUT2D eigenvalue weighted by Crippen LogP contribution is -2.35. The Morgan fingerprint density at radius 1 is 1.06 bits per heavy atom. The third-order valence-electron chi connectivity index (χ3n) is 5.89. The van der Waals surface area contributed by atoms with Crippen LogP contribution in [0.5, 0.6) is 0 Å². The van der Waals surface area contributed by atoms with Gasteiger partial charge in [0.2, 0.25) is 0 Å². The van der Waals surface area contributed by atoms with E-state index in [0.29, 0.717) is 12.1 Å².